The Morgan fingerprint density at radius 1 is 1.30 bits per heavy atom. The molecule has 2 unspecified atom stereocenters. The summed E-state index contributed by atoms with van der Waals surface area (Å²) in [5.74, 6) is 0. The smallest absolute Gasteiger partial charge is 0.0662 e. The van der Waals surface area contributed by atoms with Crippen LogP contribution in [0, 0.1) is 10.8 Å². The second kappa shape index (κ2) is 5.84. The van der Waals surface area contributed by atoms with Gasteiger partial charge in [0.05, 0.1) is 6.10 Å². The highest BCUT2D eigenvalue weighted by Crippen LogP contribution is 2.48. The van der Waals surface area contributed by atoms with Crippen molar-refractivity contribution in [3.05, 3.63) is 33.8 Å². The van der Waals surface area contributed by atoms with Crippen LogP contribution in [0.15, 0.2) is 18.2 Å². The van der Waals surface area contributed by atoms with Gasteiger partial charge in [0.15, 0.2) is 0 Å². The Morgan fingerprint density at radius 2 is 2.00 bits per heavy atom. The van der Waals surface area contributed by atoms with Gasteiger partial charge >= 0.3 is 0 Å². The van der Waals surface area contributed by atoms with Crippen LogP contribution in [-0.4, -0.2) is 17.8 Å². The van der Waals surface area contributed by atoms with Crippen molar-refractivity contribution in [2.24, 2.45) is 16.6 Å². The van der Waals surface area contributed by atoms with Crippen molar-refractivity contribution in [1.29, 1.82) is 0 Å². The van der Waals surface area contributed by atoms with Crippen LogP contribution >= 0.6 is 23.2 Å². The molecule has 0 amide bonds. The molecule has 2 atom stereocenters. The Morgan fingerprint density at radius 3 is 2.60 bits per heavy atom. The van der Waals surface area contributed by atoms with Gasteiger partial charge in [-0.1, -0.05) is 49.5 Å². The van der Waals surface area contributed by atoms with Crippen LogP contribution in [0.2, 0.25) is 10.0 Å². The van der Waals surface area contributed by atoms with Gasteiger partial charge in [0.1, 0.15) is 0 Å². The second-order valence-electron chi connectivity index (χ2n) is 6.72. The highest BCUT2D eigenvalue weighted by Gasteiger charge is 2.47. The molecule has 0 radical (unpaired) electrons. The third kappa shape index (κ3) is 2.99. The molecule has 0 bridgehead atoms. The monoisotopic (exact) mass is 315 g/mol. The zero-order valence-electron chi connectivity index (χ0n) is 12.1. The summed E-state index contributed by atoms with van der Waals surface area (Å²) in [6.07, 6.45) is 3.34. The van der Waals surface area contributed by atoms with Crippen LogP contribution in [0.1, 0.15) is 38.7 Å². The molecule has 1 fully saturated rings. The van der Waals surface area contributed by atoms with E-state index in [1.807, 2.05) is 12.1 Å². The molecule has 1 aliphatic carbocycles. The van der Waals surface area contributed by atoms with Crippen LogP contribution in [0.4, 0.5) is 0 Å². The number of hydrogen-bond donors (Lipinski definition) is 2. The van der Waals surface area contributed by atoms with E-state index < -0.39 is 6.10 Å². The summed E-state index contributed by atoms with van der Waals surface area (Å²) in [6, 6.07) is 5.53. The van der Waals surface area contributed by atoms with Gasteiger partial charge in [-0.3, -0.25) is 0 Å². The summed E-state index contributed by atoms with van der Waals surface area (Å²) < 4.78 is 0. The van der Waals surface area contributed by atoms with Crippen LogP contribution in [-0.2, 0) is 6.42 Å². The Kier molecular flexibility index (Phi) is 4.70. The molecule has 2 rings (SSSR count). The number of nitrogens with two attached hydrogens (primary N) is 1. The van der Waals surface area contributed by atoms with Crippen molar-refractivity contribution in [1.82, 2.24) is 0 Å². The van der Waals surface area contributed by atoms with Gasteiger partial charge in [-0.15, -0.1) is 0 Å². The highest BCUT2D eigenvalue weighted by atomic mass is 35.5. The predicted molar refractivity (Wildman–Crippen MR) is 85.3 cm³/mol. The zero-order valence-corrected chi connectivity index (χ0v) is 13.6. The van der Waals surface area contributed by atoms with Gasteiger partial charge in [0.25, 0.3) is 0 Å². The van der Waals surface area contributed by atoms with E-state index in [4.69, 9.17) is 28.9 Å². The van der Waals surface area contributed by atoms with E-state index in [0.717, 1.165) is 24.8 Å². The van der Waals surface area contributed by atoms with E-state index in [0.29, 0.717) is 23.0 Å². The molecule has 1 aromatic rings. The van der Waals surface area contributed by atoms with Crippen molar-refractivity contribution in [2.45, 2.75) is 45.6 Å². The molecule has 1 aliphatic rings. The first-order valence-corrected chi connectivity index (χ1v) is 7.88. The van der Waals surface area contributed by atoms with Crippen LogP contribution < -0.4 is 5.73 Å². The fourth-order valence-electron chi connectivity index (χ4n) is 3.51. The summed E-state index contributed by atoms with van der Waals surface area (Å²) in [7, 11) is 0. The Hall–Kier alpha value is -0.280. The fourth-order valence-corrected chi connectivity index (χ4v) is 3.99. The van der Waals surface area contributed by atoms with Gasteiger partial charge in [-0.05, 0) is 42.4 Å². The summed E-state index contributed by atoms with van der Waals surface area (Å²) >= 11 is 12.2. The molecular formula is C16H23Cl2NO. The molecule has 20 heavy (non-hydrogen) atoms. The first-order valence-electron chi connectivity index (χ1n) is 7.13. The topological polar surface area (TPSA) is 46.2 Å². The first-order chi connectivity index (χ1) is 9.31. The standard InChI is InChI=1S/C16H23Cl2NO/c1-15(2)6-3-7-16(10-19,14(15)20)9-11-4-5-12(17)8-13(11)18/h4-5,8,14,20H,3,6-7,9-10,19H2,1-2H3. The Labute approximate surface area is 131 Å². The minimum atomic E-state index is -0.416. The van der Waals surface area contributed by atoms with Gasteiger partial charge < -0.3 is 10.8 Å². The maximum Gasteiger partial charge on any atom is 0.0662 e. The lowest BCUT2D eigenvalue weighted by molar-refractivity contribution is -0.0884. The minimum Gasteiger partial charge on any atom is -0.392 e. The second-order valence-corrected chi connectivity index (χ2v) is 7.57. The van der Waals surface area contributed by atoms with Crippen molar-refractivity contribution in [3.8, 4) is 0 Å². The Balaban J connectivity index is 2.32. The predicted octanol–water partition coefficient (Wildman–Crippen LogP) is 4.05. The number of hydrogen-bond acceptors (Lipinski definition) is 2. The molecule has 4 heteroatoms. The van der Waals surface area contributed by atoms with E-state index in [9.17, 15) is 5.11 Å². The quantitative estimate of drug-likeness (QED) is 0.883. The molecule has 0 spiro atoms. The average Bonchev–Trinajstić information content (AvgIpc) is 2.38. The lowest BCUT2D eigenvalue weighted by Crippen LogP contribution is -2.53. The first kappa shape index (κ1) is 16.1. The lowest BCUT2D eigenvalue weighted by atomic mass is 9.59. The number of halogens is 2. The normalized spacial score (nSPS) is 29.4. The number of rotatable bonds is 3. The van der Waals surface area contributed by atoms with Crippen molar-refractivity contribution < 1.29 is 5.11 Å². The summed E-state index contributed by atoms with van der Waals surface area (Å²) in [6.45, 7) is 4.70. The van der Waals surface area contributed by atoms with E-state index in [2.05, 4.69) is 13.8 Å². The maximum atomic E-state index is 10.8. The molecule has 3 N–H and O–H groups in total. The third-order valence-corrected chi connectivity index (χ3v) is 5.37. The molecule has 112 valence electrons. The summed E-state index contributed by atoms with van der Waals surface area (Å²) in [5, 5.41) is 12.1. The number of aliphatic hydroxyl groups is 1. The molecule has 0 saturated heterocycles. The van der Waals surface area contributed by atoms with E-state index in [1.54, 1.807) is 6.07 Å². The minimum absolute atomic E-state index is 0.101. The van der Waals surface area contributed by atoms with Crippen LogP contribution in [0.25, 0.3) is 0 Å². The largest absolute Gasteiger partial charge is 0.392 e. The average molecular weight is 316 g/mol. The van der Waals surface area contributed by atoms with E-state index in [1.165, 1.54) is 0 Å². The molecule has 0 heterocycles. The van der Waals surface area contributed by atoms with Gasteiger partial charge in [-0.25, -0.2) is 0 Å². The maximum absolute atomic E-state index is 10.8. The molecule has 0 aliphatic heterocycles. The van der Waals surface area contributed by atoms with Crippen LogP contribution in [0.3, 0.4) is 0 Å². The Bertz CT molecular complexity index is 489. The molecule has 1 saturated carbocycles. The van der Waals surface area contributed by atoms with Crippen LogP contribution in [0.5, 0.6) is 0 Å². The van der Waals surface area contributed by atoms with Gasteiger partial charge in [0, 0.05) is 22.0 Å². The number of aliphatic hydroxyl groups excluding tert-OH is 1. The van der Waals surface area contributed by atoms with Gasteiger partial charge in [-0.2, -0.15) is 0 Å². The van der Waals surface area contributed by atoms with Gasteiger partial charge in [0.2, 0.25) is 0 Å². The molecule has 1 aromatic carbocycles. The van der Waals surface area contributed by atoms with E-state index >= 15 is 0 Å². The molecule has 0 aromatic heterocycles. The van der Waals surface area contributed by atoms with E-state index in [-0.39, 0.29) is 10.8 Å². The lowest BCUT2D eigenvalue weighted by Gasteiger charge is -2.49. The van der Waals surface area contributed by atoms with Crippen molar-refractivity contribution >= 4 is 23.2 Å². The molecular weight excluding hydrogens is 293 g/mol. The summed E-state index contributed by atoms with van der Waals surface area (Å²) in [5.41, 5.74) is 6.67. The van der Waals surface area contributed by atoms with Crippen molar-refractivity contribution in [3.63, 3.8) is 0 Å². The highest BCUT2D eigenvalue weighted by molar-refractivity contribution is 6.35. The zero-order chi connectivity index (χ0) is 15.0. The summed E-state index contributed by atoms with van der Waals surface area (Å²) in [4.78, 5) is 0. The third-order valence-electron chi connectivity index (χ3n) is 4.78. The number of benzene rings is 1. The molecule has 2 nitrogen and oxygen atoms in total. The van der Waals surface area contributed by atoms with Crippen molar-refractivity contribution in [2.75, 3.05) is 6.54 Å². The fraction of sp³-hybridized carbons (Fsp3) is 0.625. The SMILES string of the molecule is CC1(C)CCCC(CN)(Cc2ccc(Cl)cc2Cl)C1O.